The van der Waals surface area contributed by atoms with Crippen LogP contribution in [-0.2, 0) is 6.61 Å². The van der Waals surface area contributed by atoms with Crippen molar-refractivity contribution in [1.82, 2.24) is 4.98 Å². The molecule has 1 heterocycles. The summed E-state index contributed by atoms with van der Waals surface area (Å²) in [7, 11) is 0. The minimum atomic E-state index is -1.34. The molecule has 0 atom stereocenters. The second kappa shape index (κ2) is 11.3. The second-order valence-electron chi connectivity index (χ2n) is 6.91. The normalized spacial score (nSPS) is 10.4. The molecule has 33 heavy (non-hydrogen) atoms. The molecule has 0 fully saturated rings. The fourth-order valence-electron chi connectivity index (χ4n) is 3.27. The summed E-state index contributed by atoms with van der Waals surface area (Å²) in [5.74, 6) is -1.17. The van der Waals surface area contributed by atoms with Gasteiger partial charge in [0.25, 0.3) is 0 Å². The third-order valence-electron chi connectivity index (χ3n) is 4.79. The average molecular weight is 535 g/mol. The van der Waals surface area contributed by atoms with Gasteiger partial charge in [-0.1, -0.05) is 63.9 Å². The Morgan fingerprint density at radius 2 is 1.73 bits per heavy atom. The van der Waals surface area contributed by atoms with Gasteiger partial charge in [0.05, 0.1) is 22.4 Å². The van der Waals surface area contributed by atoms with E-state index in [0.717, 1.165) is 21.2 Å². The quantitative estimate of drug-likeness (QED) is 0.357. The molecule has 0 bridgehead atoms. The number of carboxylic acids is 1. The molecule has 0 saturated carbocycles. The van der Waals surface area contributed by atoms with Crippen molar-refractivity contribution in [2.75, 3.05) is 0 Å². The van der Waals surface area contributed by atoms with Crippen molar-refractivity contribution in [2.24, 2.45) is 0 Å². The van der Waals surface area contributed by atoms with E-state index in [2.05, 4.69) is 20.9 Å². The van der Waals surface area contributed by atoms with Crippen LogP contribution in [0.3, 0.4) is 0 Å². The Morgan fingerprint density at radius 3 is 2.45 bits per heavy atom. The van der Waals surface area contributed by atoms with Gasteiger partial charge < -0.3 is 14.6 Å². The van der Waals surface area contributed by atoms with Gasteiger partial charge in [0.2, 0.25) is 0 Å². The van der Waals surface area contributed by atoms with Gasteiger partial charge in [-0.25, -0.2) is 9.37 Å². The van der Waals surface area contributed by atoms with Crippen LogP contribution in [0.25, 0.3) is 22.4 Å². The molecular weight excluding hydrogens is 520 g/mol. The first kappa shape index (κ1) is 25.4. The largest absolute Gasteiger partial charge is 1.00 e. The second-order valence-corrected chi connectivity index (χ2v) is 8.23. The van der Waals surface area contributed by atoms with Crippen molar-refractivity contribution < 1.29 is 48.6 Å². The zero-order chi connectivity index (χ0) is 22.7. The van der Waals surface area contributed by atoms with E-state index in [1.54, 1.807) is 18.2 Å². The molecule has 3 aromatic carbocycles. The van der Waals surface area contributed by atoms with Crippen LogP contribution in [0.4, 0.5) is 4.39 Å². The van der Waals surface area contributed by atoms with Gasteiger partial charge in [0.1, 0.15) is 18.2 Å². The first-order valence-corrected chi connectivity index (χ1v) is 10.7. The zero-order valence-corrected chi connectivity index (χ0v) is 21.9. The van der Waals surface area contributed by atoms with E-state index in [9.17, 15) is 14.3 Å². The van der Waals surface area contributed by atoms with Crippen molar-refractivity contribution in [2.45, 2.75) is 6.61 Å². The topological polar surface area (TPSA) is 62.2 Å². The fraction of sp³-hybridized carbons (Fsp3) is 0.0400. The molecule has 0 aliphatic rings. The summed E-state index contributed by atoms with van der Waals surface area (Å²) in [5.41, 5.74) is 3.31. The Morgan fingerprint density at radius 1 is 0.970 bits per heavy atom. The molecule has 160 valence electrons. The summed E-state index contributed by atoms with van der Waals surface area (Å²) in [5, 5.41) is 11.6. The summed E-state index contributed by atoms with van der Waals surface area (Å²) < 4.78 is 20.2. The molecule has 1 aromatic heterocycles. The molecule has 0 saturated heterocycles. The molecule has 0 N–H and O–H groups in total. The third-order valence-corrected chi connectivity index (χ3v) is 5.64. The smallest absolute Gasteiger partial charge is 0.543 e. The third kappa shape index (κ3) is 6.02. The maximum atomic E-state index is 13.3. The van der Waals surface area contributed by atoms with Crippen molar-refractivity contribution >= 4 is 33.5 Å². The Labute approximate surface area is 225 Å². The predicted molar refractivity (Wildman–Crippen MR) is 123 cm³/mol. The Hall–Kier alpha value is -2.22. The first-order valence-electron chi connectivity index (χ1n) is 9.57. The SMILES string of the molecule is O=C([O-])c1cccc(-c2ccccc2-c2cc(Br)ccc2OCc2ccc(F)cc2Cl)n1.[Na+]. The number of nitrogens with zero attached hydrogens (tertiary/aromatic N) is 1. The molecule has 0 aliphatic carbocycles. The maximum Gasteiger partial charge on any atom is 1.00 e. The summed E-state index contributed by atoms with van der Waals surface area (Å²) in [4.78, 5) is 15.5. The van der Waals surface area contributed by atoms with E-state index in [1.807, 2.05) is 42.5 Å². The summed E-state index contributed by atoms with van der Waals surface area (Å²) in [6.07, 6.45) is 0. The number of carbonyl (C=O) groups excluding carboxylic acids is 1. The van der Waals surface area contributed by atoms with E-state index in [1.165, 1.54) is 18.2 Å². The molecule has 0 amide bonds. The number of hydrogen-bond donors (Lipinski definition) is 0. The molecule has 0 aliphatic heterocycles. The minimum Gasteiger partial charge on any atom is -0.543 e. The van der Waals surface area contributed by atoms with Crippen molar-refractivity contribution in [3.05, 3.63) is 105 Å². The van der Waals surface area contributed by atoms with Crippen LogP contribution in [-0.4, -0.2) is 11.0 Å². The molecule has 4 nitrogen and oxygen atoms in total. The number of pyridine rings is 1. The van der Waals surface area contributed by atoms with Crippen LogP contribution in [0.15, 0.2) is 83.3 Å². The maximum absolute atomic E-state index is 13.3. The molecule has 0 unspecified atom stereocenters. The molecule has 8 heteroatoms. The van der Waals surface area contributed by atoms with E-state index in [4.69, 9.17) is 16.3 Å². The van der Waals surface area contributed by atoms with Gasteiger partial charge in [0.15, 0.2) is 0 Å². The van der Waals surface area contributed by atoms with Crippen LogP contribution >= 0.6 is 27.5 Å². The number of aromatic carboxylic acids is 1. The molecule has 4 rings (SSSR count). The molecular formula is C25H15BrClFNNaO3. The Kier molecular flexibility index (Phi) is 8.68. The standard InChI is InChI=1S/C25H16BrClFNO3.Na/c26-16-9-11-24(32-14-15-8-10-17(28)13-21(15)27)20(12-16)18-4-1-2-5-19(18)22-6-3-7-23(29-22)25(30)31;/h1-13H,14H2,(H,30,31);/q;+1/p-1. The number of carbonyl (C=O) groups is 1. The van der Waals surface area contributed by atoms with Gasteiger partial charge in [0, 0.05) is 21.2 Å². The van der Waals surface area contributed by atoms with Crippen molar-refractivity contribution in [1.29, 1.82) is 0 Å². The summed E-state index contributed by atoms with van der Waals surface area (Å²) in [6.45, 7) is 0.147. The van der Waals surface area contributed by atoms with Crippen molar-refractivity contribution in [3.63, 3.8) is 0 Å². The van der Waals surface area contributed by atoms with Gasteiger partial charge in [-0.3, -0.25) is 0 Å². The van der Waals surface area contributed by atoms with Crippen LogP contribution in [0, 0.1) is 5.82 Å². The Bertz CT molecular complexity index is 1320. The predicted octanol–water partition coefficient (Wildman–Crippen LogP) is 2.92. The number of carboxylic acid groups (broad SMARTS) is 1. The van der Waals surface area contributed by atoms with Gasteiger partial charge in [-0.2, -0.15) is 0 Å². The van der Waals surface area contributed by atoms with Gasteiger partial charge >= 0.3 is 29.6 Å². The van der Waals surface area contributed by atoms with Crippen LogP contribution in [0.5, 0.6) is 5.75 Å². The number of halogens is 3. The van der Waals surface area contributed by atoms with Crippen LogP contribution < -0.4 is 39.4 Å². The van der Waals surface area contributed by atoms with Crippen LogP contribution in [0.2, 0.25) is 5.02 Å². The van der Waals surface area contributed by atoms with E-state index in [0.29, 0.717) is 17.0 Å². The average Bonchev–Trinajstić information content (AvgIpc) is 2.79. The van der Waals surface area contributed by atoms with Crippen LogP contribution in [0.1, 0.15) is 16.1 Å². The Balaban J connectivity index is 0.00000306. The molecule has 0 spiro atoms. The number of aromatic nitrogens is 1. The first-order chi connectivity index (χ1) is 15.4. The molecule has 0 radical (unpaired) electrons. The van der Waals surface area contributed by atoms with E-state index >= 15 is 0 Å². The van der Waals surface area contributed by atoms with E-state index in [-0.39, 0.29) is 46.9 Å². The molecule has 4 aromatic rings. The fourth-order valence-corrected chi connectivity index (χ4v) is 3.86. The van der Waals surface area contributed by atoms with Crippen molar-refractivity contribution in [3.8, 4) is 28.1 Å². The number of benzene rings is 3. The number of rotatable bonds is 6. The summed E-state index contributed by atoms with van der Waals surface area (Å²) in [6, 6.07) is 22.0. The summed E-state index contributed by atoms with van der Waals surface area (Å²) >= 11 is 9.64. The number of hydrogen-bond acceptors (Lipinski definition) is 4. The monoisotopic (exact) mass is 533 g/mol. The minimum absolute atomic E-state index is 0. The van der Waals surface area contributed by atoms with E-state index < -0.39 is 11.8 Å². The van der Waals surface area contributed by atoms with Gasteiger partial charge in [-0.05, 0) is 48.0 Å². The zero-order valence-electron chi connectivity index (χ0n) is 17.5. The number of ether oxygens (including phenoxy) is 1. The van der Waals surface area contributed by atoms with Gasteiger partial charge in [-0.15, -0.1) is 0 Å².